The van der Waals surface area contributed by atoms with Gasteiger partial charge in [0.05, 0.1) is 17.1 Å². The summed E-state index contributed by atoms with van der Waals surface area (Å²) < 4.78 is 0. The van der Waals surface area contributed by atoms with E-state index in [9.17, 15) is 19.5 Å². The molecule has 1 aromatic rings. The van der Waals surface area contributed by atoms with Gasteiger partial charge >= 0.3 is 0 Å². The predicted octanol–water partition coefficient (Wildman–Crippen LogP) is 3.28. The molecule has 2 rings (SSSR count). The van der Waals surface area contributed by atoms with Crippen molar-refractivity contribution >= 4 is 29.5 Å². The number of fused-ring (bicyclic) bond motifs is 1. The van der Waals surface area contributed by atoms with Crippen molar-refractivity contribution < 1.29 is 19.5 Å². The summed E-state index contributed by atoms with van der Waals surface area (Å²) in [6, 6.07) is 7.02. The van der Waals surface area contributed by atoms with Crippen molar-refractivity contribution in [1.82, 2.24) is 4.90 Å². The fourth-order valence-electron chi connectivity index (χ4n) is 3.31. The number of carboxylic acids is 1. The van der Waals surface area contributed by atoms with Gasteiger partial charge in [-0.3, -0.25) is 14.5 Å². The summed E-state index contributed by atoms with van der Waals surface area (Å²) in [5.41, 5.74) is 1.06. The van der Waals surface area contributed by atoms with Gasteiger partial charge in [-0.05, 0) is 30.7 Å². The molecule has 148 valence electrons. The summed E-state index contributed by atoms with van der Waals surface area (Å²) in [7, 11) is 0. The zero-order valence-electron chi connectivity index (χ0n) is 15.8. The lowest BCUT2D eigenvalue weighted by Crippen LogP contribution is -2.30. The third-order valence-electron chi connectivity index (χ3n) is 4.77. The lowest BCUT2D eigenvalue weighted by atomic mass is 10.1. The number of thioether (sulfide) groups is 1. The number of carboxylic acid groups (broad SMARTS) is 1. The highest BCUT2D eigenvalue weighted by molar-refractivity contribution is 7.99. The number of carbonyl (C=O) groups is 3. The van der Waals surface area contributed by atoms with Crippen LogP contribution in [0.4, 0.5) is 0 Å². The summed E-state index contributed by atoms with van der Waals surface area (Å²) in [6.45, 7) is 0.510. The zero-order valence-corrected chi connectivity index (χ0v) is 16.6. The molecule has 27 heavy (non-hydrogen) atoms. The normalized spacial score (nSPS) is 13.3. The number of rotatable bonds is 14. The summed E-state index contributed by atoms with van der Waals surface area (Å²) in [5, 5.41) is 10.3. The molecule has 0 radical (unpaired) electrons. The van der Waals surface area contributed by atoms with Crippen LogP contribution in [-0.2, 0) is 4.79 Å². The molecule has 0 aliphatic carbocycles. The Morgan fingerprint density at radius 2 is 1.30 bits per heavy atom. The van der Waals surface area contributed by atoms with Gasteiger partial charge in [0.2, 0.25) is 0 Å². The van der Waals surface area contributed by atoms with Gasteiger partial charge in [-0.1, -0.05) is 57.1 Å². The summed E-state index contributed by atoms with van der Waals surface area (Å²) in [4.78, 5) is 36.1. The summed E-state index contributed by atoms with van der Waals surface area (Å²) >= 11 is 1.43. The second-order valence-electron chi connectivity index (χ2n) is 6.91. The van der Waals surface area contributed by atoms with Crippen molar-refractivity contribution in [3.05, 3.63) is 35.4 Å². The molecule has 0 fully saturated rings. The molecule has 6 heteroatoms. The van der Waals surface area contributed by atoms with E-state index in [0.717, 1.165) is 37.9 Å². The maximum absolute atomic E-state index is 12.2. The molecule has 5 nitrogen and oxygen atoms in total. The van der Waals surface area contributed by atoms with Gasteiger partial charge < -0.3 is 9.90 Å². The molecule has 0 aromatic heterocycles. The predicted molar refractivity (Wildman–Crippen MR) is 106 cm³/mol. The van der Waals surface area contributed by atoms with Gasteiger partial charge in [-0.15, -0.1) is 0 Å². The third-order valence-corrected chi connectivity index (χ3v) is 5.79. The second-order valence-corrected chi connectivity index (χ2v) is 8.02. The maximum atomic E-state index is 12.2. The Morgan fingerprint density at radius 1 is 0.815 bits per heavy atom. The number of aliphatic carboxylic acids is 1. The molecular weight excluding hydrogens is 362 g/mol. The van der Waals surface area contributed by atoms with Crippen LogP contribution in [0.25, 0.3) is 0 Å². The Balaban J connectivity index is 1.44. The zero-order chi connectivity index (χ0) is 19.5. The quantitative estimate of drug-likeness (QED) is 0.360. The molecule has 0 N–H and O–H groups in total. The minimum atomic E-state index is -0.983. The van der Waals surface area contributed by atoms with E-state index < -0.39 is 5.97 Å². The molecule has 1 aliphatic rings. The largest absolute Gasteiger partial charge is 0.549 e. The first-order valence-electron chi connectivity index (χ1n) is 9.84. The minimum absolute atomic E-state index is 0.0979. The highest BCUT2D eigenvalue weighted by Crippen LogP contribution is 2.23. The standard InChI is InChI=1S/C21H29NO4S/c23-19(24)16-27-15-11-7-5-3-1-2-4-6-10-14-22-20(25)17-12-8-9-13-18(17)21(22)26/h8-9,12-13H,1-7,10-11,14-16H2,(H,23,24)/p-1. The van der Waals surface area contributed by atoms with E-state index in [4.69, 9.17) is 0 Å². The molecule has 1 heterocycles. The number of amides is 2. The summed E-state index contributed by atoms with van der Waals surface area (Å²) in [5.74, 6) is -0.309. The highest BCUT2D eigenvalue weighted by Gasteiger charge is 2.34. The molecule has 0 atom stereocenters. The van der Waals surface area contributed by atoms with Crippen LogP contribution in [0, 0.1) is 0 Å². The topological polar surface area (TPSA) is 77.5 Å². The number of hydrogen-bond donors (Lipinski definition) is 0. The summed E-state index contributed by atoms with van der Waals surface area (Å²) in [6.07, 6.45) is 10.0. The Labute approximate surface area is 165 Å². The Bertz CT molecular complexity index is 612. The van der Waals surface area contributed by atoms with Crippen molar-refractivity contribution in [2.45, 2.75) is 57.8 Å². The molecule has 1 aliphatic heterocycles. The first-order chi connectivity index (χ1) is 13.1. The van der Waals surface area contributed by atoms with Crippen molar-refractivity contribution in [3.63, 3.8) is 0 Å². The minimum Gasteiger partial charge on any atom is -0.549 e. The van der Waals surface area contributed by atoms with Crippen molar-refractivity contribution in [2.75, 3.05) is 18.1 Å². The molecule has 0 bridgehead atoms. The van der Waals surface area contributed by atoms with Crippen LogP contribution in [0.2, 0.25) is 0 Å². The number of unbranched alkanes of at least 4 members (excludes halogenated alkanes) is 8. The number of hydrogen-bond acceptors (Lipinski definition) is 5. The van der Waals surface area contributed by atoms with Crippen LogP contribution < -0.4 is 5.11 Å². The lowest BCUT2D eigenvalue weighted by molar-refractivity contribution is -0.301. The first-order valence-corrected chi connectivity index (χ1v) is 11.0. The molecule has 2 amide bonds. The van der Waals surface area contributed by atoms with Crippen molar-refractivity contribution in [3.8, 4) is 0 Å². The molecule has 0 spiro atoms. The van der Waals surface area contributed by atoms with E-state index in [-0.39, 0.29) is 17.6 Å². The van der Waals surface area contributed by atoms with Crippen LogP contribution >= 0.6 is 11.8 Å². The lowest BCUT2D eigenvalue weighted by Gasteiger charge is -2.13. The fourth-order valence-corrected chi connectivity index (χ4v) is 4.03. The maximum Gasteiger partial charge on any atom is 0.261 e. The Morgan fingerprint density at radius 3 is 1.81 bits per heavy atom. The smallest absolute Gasteiger partial charge is 0.261 e. The van der Waals surface area contributed by atoms with E-state index >= 15 is 0 Å². The second kappa shape index (κ2) is 11.8. The number of nitrogens with zero attached hydrogens (tertiary/aromatic N) is 1. The number of carbonyl (C=O) groups excluding carboxylic acids is 3. The van der Waals surface area contributed by atoms with Crippen LogP contribution in [0.15, 0.2) is 24.3 Å². The Hall–Kier alpha value is -1.82. The fraction of sp³-hybridized carbons (Fsp3) is 0.571. The van der Waals surface area contributed by atoms with Gasteiger partial charge in [0, 0.05) is 12.3 Å². The van der Waals surface area contributed by atoms with Gasteiger partial charge in [0.15, 0.2) is 0 Å². The van der Waals surface area contributed by atoms with E-state index in [2.05, 4.69) is 0 Å². The number of imide groups is 1. The highest BCUT2D eigenvalue weighted by atomic mass is 32.2. The average molecular weight is 391 g/mol. The monoisotopic (exact) mass is 390 g/mol. The van der Waals surface area contributed by atoms with E-state index in [1.54, 1.807) is 24.3 Å². The number of benzene rings is 1. The van der Waals surface area contributed by atoms with Crippen LogP contribution in [0.1, 0.15) is 78.5 Å². The average Bonchev–Trinajstić information content (AvgIpc) is 2.90. The van der Waals surface area contributed by atoms with Crippen molar-refractivity contribution in [1.29, 1.82) is 0 Å². The van der Waals surface area contributed by atoms with E-state index in [1.807, 2.05) is 0 Å². The van der Waals surface area contributed by atoms with Crippen molar-refractivity contribution in [2.24, 2.45) is 0 Å². The molecule has 0 unspecified atom stereocenters. The van der Waals surface area contributed by atoms with Gasteiger partial charge in [-0.2, -0.15) is 11.8 Å². The Kier molecular flexibility index (Phi) is 9.39. The molecule has 0 saturated heterocycles. The molecule has 1 aromatic carbocycles. The van der Waals surface area contributed by atoms with Gasteiger partial charge in [0.25, 0.3) is 11.8 Å². The van der Waals surface area contributed by atoms with Gasteiger partial charge in [-0.25, -0.2) is 0 Å². The third kappa shape index (κ3) is 7.01. The van der Waals surface area contributed by atoms with Crippen LogP contribution in [-0.4, -0.2) is 40.7 Å². The van der Waals surface area contributed by atoms with E-state index in [0.29, 0.717) is 17.7 Å². The SMILES string of the molecule is O=C([O-])CSCCCCCCCCCCCN1C(=O)c2ccccc2C1=O. The molecule has 0 saturated carbocycles. The van der Waals surface area contributed by atoms with Gasteiger partial charge in [0.1, 0.15) is 0 Å². The van der Waals surface area contributed by atoms with Crippen LogP contribution in [0.5, 0.6) is 0 Å². The van der Waals surface area contributed by atoms with Crippen LogP contribution in [0.3, 0.4) is 0 Å². The molecular formula is C21H28NO4S-. The first kappa shape index (κ1) is 21.5. The van der Waals surface area contributed by atoms with E-state index in [1.165, 1.54) is 42.3 Å².